The molecule has 1 saturated heterocycles. The van der Waals surface area contributed by atoms with Crippen molar-refractivity contribution in [2.45, 2.75) is 19.8 Å². The fourth-order valence-corrected chi connectivity index (χ4v) is 3.63. The summed E-state index contributed by atoms with van der Waals surface area (Å²) >= 11 is 4.97. The Kier molecular flexibility index (Phi) is 5.99. The zero-order chi connectivity index (χ0) is 15.2. The van der Waals surface area contributed by atoms with Crippen LogP contribution >= 0.6 is 27.3 Å². The van der Waals surface area contributed by atoms with Gasteiger partial charge in [-0.15, -0.1) is 11.3 Å². The SMILES string of the molecule is CCOC(=O)[C@@H]1CCCN(C(=O)/C=C/c2ccc(Br)s2)C1. The summed E-state index contributed by atoms with van der Waals surface area (Å²) in [5.41, 5.74) is 0. The minimum absolute atomic E-state index is 0.0477. The van der Waals surface area contributed by atoms with Crippen molar-refractivity contribution in [2.24, 2.45) is 5.92 Å². The number of ether oxygens (including phenoxy) is 1. The zero-order valence-electron chi connectivity index (χ0n) is 11.9. The fourth-order valence-electron chi connectivity index (χ4n) is 2.31. The molecule has 0 bridgehead atoms. The van der Waals surface area contributed by atoms with E-state index in [1.54, 1.807) is 29.2 Å². The molecule has 114 valence electrons. The van der Waals surface area contributed by atoms with Crippen molar-refractivity contribution < 1.29 is 14.3 Å². The minimum atomic E-state index is -0.193. The lowest BCUT2D eigenvalue weighted by atomic mass is 9.98. The maximum Gasteiger partial charge on any atom is 0.310 e. The van der Waals surface area contributed by atoms with Gasteiger partial charge >= 0.3 is 5.97 Å². The maximum atomic E-state index is 12.2. The van der Waals surface area contributed by atoms with Crippen molar-refractivity contribution in [1.82, 2.24) is 4.90 Å². The molecule has 6 heteroatoms. The van der Waals surface area contributed by atoms with Gasteiger partial charge in [0.1, 0.15) is 0 Å². The van der Waals surface area contributed by atoms with Gasteiger partial charge in [-0.05, 0) is 53.9 Å². The number of halogens is 1. The van der Waals surface area contributed by atoms with Crippen LogP contribution in [0.5, 0.6) is 0 Å². The largest absolute Gasteiger partial charge is 0.466 e. The van der Waals surface area contributed by atoms with Crippen molar-refractivity contribution in [3.63, 3.8) is 0 Å². The van der Waals surface area contributed by atoms with Gasteiger partial charge < -0.3 is 9.64 Å². The minimum Gasteiger partial charge on any atom is -0.466 e. The van der Waals surface area contributed by atoms with Gasteiger partial charge in [-0.3, -0.25) is 9.59 Å². The number of carbonyl (C=O) groups is 2. The van der Waals surface area contributed by atoms with E-state index in [1.807, 2.05) is 18.2 Å². The van der Waals surface area contributed by atoms with Crippen molar-refractivity contribution >= 4 is 45.2 Å². The summed E-state index contributed by atoms with van der Waals surface area (Å²) in [6, 6.07) is 3.91. The van der Waals surface area contributed by atoms with E-state index in [-0.39, 0.29) is 17.8 Å². The topological polar surface area (TPSA) is 46.6 Å². The van der Waals surface area contributed by atoms with Crippen molar-refractivity contribution in [1.29, 1.82) is 0 Å². The summed E-state index contributed by atoms with van der Waals surface area (Å²) in [5, 5.41) is 0. The van der Waals surface area contributed by atoms with Gasteiger partial charge in [-0.2, -0.15) is 0 Å². The molecule has 1 amide bonds. The zero-order valence-corrected chi connectivity index (χ0v) is 14.3. The molecule has 0 saturated carbocycles. The first-order valence-corrected chi connectivity index (χ1v) is 8.60. The molecule has 1 aromatic rings. The Morgan fingerprint density at radius 2 is 2.33 bits per heavy atom. The Morgan fingerprint density at radius 3 is 3.00 bits per heavy atom. The van der Waals surface area contributed by atoms with Gasteiger partial charge in [0.2, 0.25) is 5.91 Å². The highest BCUT2D eigenvalue weighted by Crippen LogP contribution is 2.23. The van der Waals surface area contributed by atoms with Crippen molar-refractivity contribution in [3.8, 4) is 0 Å². The second-order valence-electron chi connectivity index (χ2n) is 4.85. The lowest BCUT2D eigenvalue weighted by Crippen LogP contribution is -2.42. The summed E-state index contributed by atoms with van der Waals surface area (Å²) in [6.07, 6.45) is 5.02. The lowest BCUT2D eigenvalue weighted by Gasteiger charge is -2.30. The summed E-state index contributed by atoms with van der Waals surface area (Å²) < 4.78 is 6.08. The molecule has 1 atom stereocenters. The third kappa shape index (κ3) is 4.68. The number of esters is 1. The quantitative estimate of drug-likeness (QED) is 0.602. The predicted octanol–water partition coefficient (Wildman–Crippen LogP) is 3.33. The molecule has 1 aliphatic heterocycles. The second-order valence-corrected chi connectivity index (χ2v) is 7.35. The Morgan fingerprint density at radius 1 is 1.52 bits per heavy atom. The van der Waals surface area contributed by atoms with E-state index < -0.39 is 0 Å². The molecular weight excluding hydrogens is 354 g/mol. The van der Waals surface area contributed by atoms with E-state index in [0.717, 1.165) is 21.5 Å². The van der Waals surface area contributed by atoms with Gasteiger partial charge in [0, 0.05) is 24.0 Å². The maximum absolute atomic E-state index is 12.2. The number of rotatable bonds is 4. The average Bonchev–Trinajstić information content (AvgIpc) is 2.91. The summed E-state index contributed by atoms with van der Waals surface area (Å²) in [4.78, 5) is 26.7. The lowest BCUT2D eigenvalue weighted by molar-refractivity contribution is -0.150. The number of thiophene rings is 1. The second kappa shape index (κ2) is 7.75. The Bertz CT molecular complexity index is 541. The molecule has 0 N–H and O–H groups in total. The van der Waals surface area contributed by atoms with E-state index in [4.69, 9.17) is 4.74 Å². The Hall–Kier alpha value is -1.14. The Labute approximate surface area is 136 Å². The molecule has 2 rings (SSSR count). The molecular formula is C15H18BrNO3S. The third-order valence-corrected chi connectivity index (χ3v) is 4.93. The van der Waals surface area contributed by atoms with Crippen LogP contribution in [0.4, 0.5) is 0 Å². The molecule has 2 heterocycles. The van der Waals surface area contributed by atoms with E-state index in [2.05, 4.69) is 15.9 Å². The summed E-state index contributed by atoms with van der Waals surface area (Å²) in [7, 11) is 0. The van der Waals surface area contributed by atoms with E-state index >= 15 is 0 Å². The van der Waals surface area contributed by atoms with Crippen LogP contribution < -0.4 is 0 Å². The number of hydrogen-bond acceptors (Lipinski definition) is 4. The van der Waals surface area contributed by atoms with Crippen LogP contribution in [0, 0.1) is 5.92 Å². The molecule has 1 aromatic heterocycles. The van der Waals surface area contributed by atoms with E-state index in [9.17, 15) is 9.59 Å². The number of nitrogens with zero attached hydrogens (tertiary/aromatic N) is 1. The van der Waals surface area contributed by atoms with Crippen molar-refractivity contribution in [2.75, 3.05) is 19.7 Å². The molecule has 0 spiro atoms. The first kappa shape index (κ1) is 16.2. The van der Waals surface area contributed by atoms with E-state index in [1.165, 1.54) is 0 Å². The normalized spacial score (nSPS) is 19.0. The van der Waals surface area contributed by atoms with Crippen LogP contribution in [-0.4, -0.2) is 36.5 Å². The first-order valence-electron chi connectivity index (χ1n) is 6.99. The number of likely N-dealkylation sites (tertiary alicyclic amines) is 1. The summed E-state index contributed by atoms with van der Waals surface area (Å²) in [5.74, 6) is -0.429. The summed E-state index contributed by atoms with van der Waals surface area (Å²) in [6.45, 7) is 3.34. The predicted molar refractivity (Wildman–Crippen MR) is 87.0 cm³/mol. The van der Waals surface area contributed by atoms with Gasteiger partial charge in [-0.1, -0.05) is 0 Å². The first-order chi connectivity index (χ1) is 10.1. The highest BCUT2D eigenvalue weighted by Gasteiger charge is 2.28. The molecule has 0 aliphatic carbocycles. The van der Waals surface area contributed by atoms with Gasteiger partial charge in [0.05, 0.1) is 16.3 Å². The van der Waals surface area contributed by atoms with Crippen LogP contribution in [0.2, 0.25) is 0 Å². The number of hydrogen-bond donors (Lipinski definition) is 0. The molecule has 4 nitrogen and oxygen atoms in total. The van der Waals surface area contributed by atoms with Crippen LogP contribution in [0.15, 0.2) is 22.0 Å². The molecule has 21 heavy (non-hydrogen) atoms. The van der Waals surface area contributed by atoms with Crippen molar-refractivity contribution in [3.05, 3.63) is 26.9 Å². The number of amides is 1. The van der Waals surface area contributed by atoms with Crippen LogP contribution in [0.1, 0.15) is 24.6 Å². The van der Waals surface area contributed by atoms with Crippen LogP contribution in [0.3, 0.4) is 0 Å². The molecule has 0 unspecified atom stereocenters. The molecule has 0 aromatic carbocycles. The highest BCUT2D eigenvalue weighted by molar-refractivity contribution is 9.11. The standard InChI is InChI=1S/C15H18BrNO3S/c1-2-20-15(19)11-4-3-9-17(10-11)14(18)8-6-12-5-7-13(16)21-12/h5-8,11H,2-4,9-10H2,1H3/b8-6+/t11-/m1/s1. The van der Waals surface area contributed by atoms with Gasteiger partial charge in [0.25, 0.3) is 0 Å². The monoisotopic (exact) mass is 371 g/mol. The van der Waals surface area contributed by atoms with Crippen LogP contribution in [0.25, 0.3) is 6.08 Å². The average molecular weight is 372 g/mol. The third-order valence-electron chi connectivity index (χ3n) is 3.34. The van der Waals surface area contributed by atoms with Gasteiger partial charge in [-0.25, -0.2) is 0 Å². The molecule has 1 aliphatic rings. The van der Waals surface area contributed by atoms with Crippen LogP contribution in [-0.2, 0) is 14.3 Å². The number of carbonyl (C=O) groups excluding carboxylic acids is 2. The Balaban J connectivity index is 1.92. The highest BCUT2D eigenvalue weighted by atomic mass is 79.9. The molecule has 0 radical (unpaired) electrons. The number of piperidine rings is 1. The smallest absolute Gasteiger partial charge is 0.310 e. The van der Waals surface area contributed by atoms with Gasteiger partial charge in [0.15, 0.2) is 0 Å². The molecule has 1 fully saturated rings. The van der Waals surface area contributed by atoms with E-state index in [0.29, 0.717) is 19.7 Å². The fraction of sp³-hybridized carbons (Fsp3) is 0.467.